The van der Waals surface area contributed by atoms with Crippen molar-refractivity contribution < 1.29 is 4.79 Å². The third-order valence-electron chi connectivity index (χ3n) is 6.65. The number of rotatable bonds is 3. The van der Waals surface area contributed by atoms with Crippen molar-refractivity contribution >= 4 is 11.6 Å². The van der Waals surface area contributed by atoms with E-state index in [1.165, 1.54) is 11.4 Å². The fraction of sp³-hybridized carbons (Fsp3) is 0.250. The predicted molar refractivity (Wildman–Crippen MR) is 120 cm³/mol. The molecule has 160 valence electrons. The Morgan fingerprint density at radius 3 is 2.59 bits per heavy atom. The molecule has 2 aliphatic rings. The second-order valence-electron chi connectivity index (χ2n) is 8.47. The molecule has 2 aliphatic heterocycles. The molecule has 4 aromatic rings. The molecule has 1 saturated heterocycles. The quantitative estimate of drug-likeness (QED) is 0.546. The van der Waals surface area contributed by atoms with Gasteiger partial charge < -0.3 is 14.8 Å². The number of amides is 1. The molecule has 4 heterocycles. The van der Waals surface area contributed by atoms with E-state index in [1.54, 1.807) is 11.0 Å². The maximum absolute atomic E-state index is 13.0. The summed E-state index contributed by atoms with van der Waals surface area (Å²) in [6, 6.07) is 20.5. The van der Waals surface area contributed by atoms with E-state index in [2.05, 4.69) is 68.0 Å². The molecule has 1 fully saturated rings. The first-order chi connectivity index (χ1) is 15.7. The Balaban J connectivity index is 1.15. The minimum atomic E-state index is -0.137. The Kier molecular flexibility index (Phi) is 4.31. The van der Waals surface area contributed by atoms with Crippen molar-refractivity contribution in [2.75, 3.05) is 18.4 Å². The highest BCUT2D eigenvalue weighted by Crippen LogP contribution is 2.43. The molecule has 0 atom stereocenters. The Morgan fingerprint density at radius 2 is 1.81 bits per heavy atom. The first kappa shape index (κ1) is 18.8. The van der Waals surface area contributed by atoms with Crippen LogP contribution in [0, 0.1) is 0 Å². The number of nitrogens with one attached hydrogen (secondary N) is 1. The fourth-order valence-electron chi connectivity index (χ4n) is 4.94. The number of likely N-dealkylation sites (tertiary alicyclic amines) is 1. The van der Waals surface area contributed by atoms with Gasteiger partial charge in [-0.25, -0.2) is 4.68 Å². The summed E-state index contributed by atoms with van der Waals surface area (Å²) in [7, 11) is 0. The number of carbonyl (C=O) groups is 1. The summed E-state index contributed by atoms with van der Waals surface area (Å²) in [6.07, 6.45) is 5.85. The Morgan fingerprint density at radius 1 is 1.00 bits per heavy atom. The van der Waals surface area contributed by atoms with Crippen LogP contribution < -0.4 is 5.32 Å². The number of para-hydroxylation sites is 2. The molecule has 1 N–H and O–H groups in total. The minimum absolute atomic E-state index is 0.137. The van der Waals surface area contributed by atoms with Gasteiger partial charge >= 0.3 is 0 Å². The number of carbonyl (C=O) groups excluding carboxylic acids is 1. The standard InChI is InChI=1S/C24H23N7O/c32-23(16-18-7-9-19(10-8-18)31-17-25-27-28-31)29-14-11-24(12-15-29)22-6-3-13-30(22)21-5-2-1-4-20(21)26-24/h1-10,13,17,26H,11-12,14-16H2. The number of aromatic nitrogens is 5. The average molecular weight is 425 g/mol. The van der Waals surface area contributed by atoms with Gasteiger partial charge in [-0.3, -0.25) is 4.79 Å². The van der Waals surface area contributed by atoms with Crippen molar-refractivity contribution in [1.82, 2.24) is 29.7 Å². The van der Waals surface area contributed by atoms with Crippen LogP contribution in [0.25, 0.3) is 11.4 Å². The molecule has 32 heavy (non-hydrogen) atoms. The SMILES string of the molecule is O=C(Cc1ccc(-n2cnnn2)cc1)N1CCC2(CC1)Nc1ccccc1-n1cccc12. The van der Waals surface area contributed by atoms with Crippen LogP contribution in [-0.2, 0) is 16.8 Å². The largest absolute Gasteiger partial charge is 0.372 e. The molecule has 1 amide bonds. The van der Waals surface area contributed by atoms with Gasteiger partial charge in [-0.2, -0.15) is 0 Å². The lowest BCUT2D eigenvalue weighted by Crippen LogP contribution is -2.51. The number of nitrogens with zero attached hydrogens (tertiary/aromatic N) is 6. The smallest absolute Gasteiger partial charge is 0.226 e. The molecule has 8 nitrogen and oxygen atoms in total. The first-order valence-corrected chi connectivity index (χ1v) is 10.9. The lowest BCUT2D eigenvalue weighted by molar-refractivity contribution is -0.132. The molecular weight excluding hydrogens is 402 g/mol. The molecular formula is C24H23N7O. The number of anilines is 1. The van der Waals surface area contributed by atoms with Gasteiger partial charge in [0.25, 0.3) is 0 Å². The van der Waals surface area contributed by atoms with Gasteiger partial charge in [0, 0.05) is 25.0 Å². The zero-order chi connectivity index (χ0) is 21.5. The lowest BCUT2D eigenvalue weighted by Gasteiger charge is -2.46. The number of piperidine rings is 1. The highest BCUT2D eigenvalue weighted by molar-refractivity contribution is 5.79. The molecule has 0 radical (unpaired) electrons. The van der Waals surface area contributed by atoms with E-state index in [1.807, 2.05) is 29.2 Å². The van der Waals surface area contributed by atoms with Crippen molar-refractivity contribution in [3.05, 3.63) is 84.4 Å². The number of fused-ring (bicyclic) bond motifs is 4. The van der Waals surface area contributed by atoms with Crippen LogP contribution in [0.2, 0.25) is 0 Å². The summed E-state index contributed by atoms with van der Waals surface area (Å²) in [6.45, 7) is 1.48. The molecule has 8 heteroatoms. The molecule has 2 aromatic heterocycles. The maximum Gasteiger partial charge on any atom is 0.226 e. The van der Waals surface area contributed by atoms with Gasteiger partial charge in [0.2, 0.25) is 5.91 Å². The van der Waals surface area contributed by atoms with Crippen molar-refractivity contribution in [2.24, 2.45) is 0 Å². The van der Waals surface area contributed by atoms with Crippen molar-refractivity contribution in [3.8, 4) is 11.4 Å². The topological polar surface area (TPSA) is 80.9 Å². The van der Waals surface area contributed by atoms with Crippen LogP contribution in [0.15, 0.2) is 73.2 Å². The van der Waals surface area contributed by atoms with E-state index in [0.29, 0.717) is 6.42 Å². The Hall–Kier alpha value is -3.94. The molecule has 0 aliphatic carbocycles. The van der Waals surface area contributed by atoms with Crippen LogP contribution in [0.5, 0.6) is 0 Å². The van der Waals surface area contributed by atoms with Gasteiger partial charge in [-0.1, -0.05) is 24.3 Å². The van der Waals surface area contributed by atoms with Crippen LogP contribution in [0.3, 0.4) is 0 Å². The molecule has 6 rings (SSSR count). The van der Waals surface area contributed by atoms with Crippen molar-refractivity contribution in [2.45, 2.75) is 24.8 Å². The summed E-state index contributed by atoms with van der Waals surface area (Å²) < 4.78 is 3.89. The Labute approximate surface area is 185 Å². The maximum atomic E-state index is 13.0. The Bertz CT molecular complexity index is 1250. The highest BCUT2D eigenvalue weighted by Gasteiger charge is 2.42. The zero-order valence-electron chi connectivity index (χ0n) is 17.6. The van der Waals surface area contributed by atoms with E-state index in [0.717, 1.165) is 42.9 Å². The third-order valence-corrected chi connectivity index (χ3v) is 6.65. The summed E-state index contributed by atoms with van der Waals surface area (Å²) in [5.74, 6) is 0.168. The monoisotopic (exact) mass is 425 g/mol. The number of hydrogen-bond donors (Lipinski definition) is 1. The van der Waals surface area contributed by atoms with E-state index in [-0.39, 0.29) is 11.4 Å². The second kappa shape index (κ2) is 7.33. The van der Waals surface area contributed by atoms with Gasteiger partial charge in [0.15, 0.2) is 0 Å². The minimum Gasteiger partial charge on any atom is -0.372 e. The van der Waals surface area contributed by atoms with Crippen LogP contribution in [-0.4, -0.2) is 48.7 Å². The highest BCUT2D eigenvalue weighted by atomic mass is 16.2. The molecule has 1 spiro atoms. The molecule has 0 unspecified atom stereocenters. The van der Waals surface area contributed by atoms with Gasteiger partial charge in [-0.15, -0.1) is 5.10 Å². The fourth-order valence-corrected chi connectivity index (χ4v) is 4.94. The summed E-state index contributed by atoms with van der Waals surface area (Å²) in [5, 5.41) is 15.0. The van der Waals surface area contributed by atoms with Crippen LogP contribution in [0.1, 0.15) is 24.1 Å². The van der Waals surface area contributed by atoms with Gasteiger partial charge in [0.05, 0.1) is 29.0 Å². The average Bonchev–Trinajstić information content (AvgIpc) is 3.53. The van der Waals surface area contributed by atoms with Crippen LogP contribution in [0.4, 0.5) is 5.69 Å². The second-order valence-corrected chi connectivity index (χ2v) is 8.47. The number of tetrazole rings is 1. The van der Waals surface area contributed by atoms with E-state index in [9.17, 15) is 4.79 Å². The van der Waals surface area contributed by atoms with E-state index >= 15 is 0 Å². The summed E-state index contributed by atoms with van der Waals surface area (Å²) >= 11 is 0. The zero-order valence-corrected chi connectivity index (χ0v) is 17.6. The van der Waals surface area contributed by atoms with Gasteiger partial charge in [0.1, 0.15) is 6.33 Å². The lowest BCUT2D eigenvalue weighted by atomic mass is 9.82. The van der Waals surface area contributed by atoms with E-state index < -0.39 is 0 Å². The van der Waals surface area contributed by atoms with Crippen molar-refractivity contribution in [3.63, 3.8) is 0 Å². The molecule has 2 aromatic carbocycles. The number of benzene rings is 2. The molecule has 0 bridgehead atoms. The third kappa shape index (κ3) is 3.07. The summed E-state index contributed by atoms with van der Waals surface area (Å²) in [5.41, 5.74) is 5.34. The normalized spacial score (nSPS) is 16.3. The summed E-state index contributed by atoms with van der Waals surface area (Å²) in [4.78, 5) is 15.0. The van der Waals surface area contributed by atoms with Crippen LogP contribution >= 0.6 is 0 Å². The predicted octanol–water partition coefficient (Wildman–Crippen LogP) is 2.94. The molecule has 0 saturated carbocycles. The van der Waals surface area contributed by atoms with E-state index in [4.69, 9.17) is 0 Å². The van der Waals surface area contributed by atoms with Crippen molar-refractivity contribution in [1.29, 1.82) is 0 Å². The first-order valence-electron chi connectivity index (χ1n) is 10.9. The van der Waals surface area contributed by atoms with Gasteiger partial charge in [-0.05, 0) is 65.2 Å². The number of hydrogen-bond acceptors (Lipinski definition) is 5.